The Morgan fingerprint density at radius 2 is 0.789 bits per heavy atom. The summed E-state index contributed by atoms with van der Waals surface area (Å²) in [5.41, 5.74) is 7.21. The van der Waals surface area contributed by atoms with Crippen molar-refractivity contribution >= 4 is 11.6 Å². The first kappa shape index (κ1) is 38.2. The zero-order valence-corrected chi connectivity index (χ0v) is 27.0. The highest BCUT2D eigenvalue weighted by Gasteiger charge is 1.97. The molecule has 0 atom stereocenters. The maximum atomic E-state index is 10.8. The Labute approximate surface area is 237 Å². The lowest BCUT2D eigenvalue weighted by molar-refractivity contribution is -0.117. The lowest BCUT2D eigenvalue weighted by Crippen LogP contribution is -1.88. The van der Waals surface area contributed by atoms with E-state index in [9.17, 15) is 9.59 Å². The van der Waals surface area contributed by atoms with Gasteiger partial charge < -0.3 is 9.59 Å². The average Bonchev–Trinajstić information content (AvgIpc) is 2.78. The first-order valence-electron chi connectivity index (χ1n) is 15.1. The lowest BCUT2D eigenvalue weighted by atomic mass is 10.0. The van der Waals surface area contributed by atoms with Crippen LogP contribution in [0.15, 0.2) is 58.2 Å². The Kier molecular flexibility index (Phi) is 25.5. The van der Waals surface area contributed by atoms with Crippen LogP contribution in [0.3, 0.4) is 0 Å². The first-order valence-corrected chi connectivity index (χ1v) is 15.1. The van der Waals surface area contributed by atoms with E-state index in [-0.39, 0.29) is 11.6 Å². The molecule has 0 fully saturated rings. The summed E-state index contributed by atoms with van der Waals surface area (Å²) in [5, 5.41) is 0. The Hall–Kier alpha value is -1.96. The van der Waals surface area contributed by atoms with E-state index in [2.05, 4.69) is 85.8 Å². The molecule has 0 amide bonds. The van der Waals surface area contributed by atoms with Gasteiger partial charge in [-0.3, -0.25) is 0 Å². The van der Waals surface area contributed by atoms with Gasteiger partial charge in [0.15, 0.2) is 0 Å². The number of rotatable bonds is 19. The van der Waals surface area contributed by atoms with Crippen molar-refractivity contribution in [1.29, 1.82) is 0 Å². The fourth-order valence-electron chi connectivity index (χ4n) is 3.92. The maximum Gasteiger partial charge on any atom is 0.130 e. The molecule has 0 N–H and O–H groups in total. The predicted octanol–water partition coefficient (Wildman–Crippen LogP) is 11.6. The molecule has 0 aromatic heterocycles. The van der Waals surface area contributed by atoms with E-state index < -0.39 is 0 Å². The van der Waals surface area contributed by atoms with Gasteiger partial charge in [-0.25, -0.2) is 0 Å². The van der Waals surface area contributed by atoms with E-state index in [1.54, 1.807) is 13.8 Å². The molecule has 0 unspecified atom stereocenters. The molecule has 0 rings (SSSR count). The van der Waals surface area contributed by atoms with Crippen LogP contribution in [0.5, 0.6) is 0 Å². The van der Waals surface area contributed by atoms with Gasteiger partial charge in [0, 0.05) is 12.8 Å². The molecule has 0 aliphatic carbocycles. The number of carbonyl (C=O) groups is 2. The van der Waals surface area contributed by atoms with Crippen LogP contribution in [0.4, 0.5) is 0 Å². The highest BCUT2D eigenvalue weighted by Crippen LogP contribution is 2.15. The molecule has 2 heteroatoms. The van der Waals surface area contributed by atoms with Crippen LogP contribution < -0.4 is 0 Å². The van der Waals surface area contributed by atoms with Gasteiger partial charge in [0.05, 0.1) is 0 Å². The SMILES string of the molecule is CC(=O)CC/C=C(/C)CCC=C(C)CCCC(C)C.CC(=O)CCC=C(C)CCC=C(C)CCC=C(C)C. The summed E-state index contributed by atoms with van der Waals surface area (Å²) in [7, 11) is 0. The third-order valence-electron chi connectivity index (χ3n) is 6.49. The number of Topliss-reactive ketones (excluding diaryl/α,β-unsaturated/α-hetero) is 2. The van der Waals surface area contributed by atoms with Gasteiger partial charge in [0.25, 0.3) is 0 Å². The normalized spacial score (nSPS) is 12.8. The summed E-state index contributed by atoms with van der Waals surface area (Å²) < 4.78 is 0. The topological polar surface area (TPSA) is 34.1 Å². The van der Waals surface area contributed by atoms with E-state index in [0.717, 1.165) is 57.3 Å². The molecule has 0 bridgehead atoms. The van der Waals surface area contributed by atoms with E-state index >= 15 is 0 Å². The molecule has 0 spiro atoms. The second-order valence-electron chi connectivity index (χ2n) is 11.9. The van der Waals surface area contributed by atoms with Crippen molar-refractivity contribution in [3.05, 3.63) is 58.2 Å². The zero-order valence-electron chi connectivity index (χ0n) is 27.0. The van der Waals surface area contributed by atoms with Gasteiger partial charge in [-0.15, -0.1) is 0 Å². The van der Waals surface area contributed by atoms with Crippen molar-refractivity contribution in [2.24, 2.45) is 5.92 Å². The second kappa shape index (κ2) is 25.3. The van der Waals surface area contributed by atoms with E-state index in [0.29, 0.717) is 12.8 Å². The quantitative estimate of drug-likeness (QED) is 0.157. The second-order valence-corrected chi connectivity index (χ2v) is 11.9. The van der Waals surface area contributed by atoms with Crippen molar-refractivity contribution in [2.45, 2.75) is 153 Å². The molecule has 2 nitrogen and oxygen atoms in total. The molecule has 0 aromatic carbocycles. The molecule has 0 saturated carbocycles. The summed E-state index contributed by atoms with van der Waals surface area (Å²) >= 11 is 0. The van der Waals surface area contributed by atoms with E-state index in [1.807, 2.05) is 0 Å². The van der Waals surface area contributed by atoms with Crippen LogP contribution >= 0.6 is 0 Å². The van der Waals surface area contributed by atoms with Gasteiger partial charge in [0.1, 0.15) is 11.6 Å². The van der Waals surface area contributed by atoms with Gasteiger partial charge in [0.2, 0.25) is 0 Å². The van der Waals surface area contributed by atoms with Crippen LogP contribution in [-0.2, 0) is 9.59 Å². The van der Waals surface area contributed by atoms with Crippen molar-refractivity contribution in [3.8, 4) is 0 Å². The monoisotopic (exact) mass is 526 g/mol. The molecule has 0 aliphatic heterocycles. The standard InChI is InChI=1S/C18H32O.C18H30O/c2*1-15(2)9-6-10-16(3)11-7-12-17(4)13-8-14-18(5)19/h11,13,15H,6-10,12,14H2,1-5H3;9,11,13H,6-8,10,12,14H2,1-5H3/b16-11?,17-13-;. The average molecular weight is 527 g/mol. The molecule has 0 aliphatic rings. The minimum atomic E-state index is 0.277. The molecule has 0 aromatic rings. The highest BCUT2D eigenvalue weighted by atomic mass is 16.1. The van der Waals surface area contributed by atoms with E-state index in [1.165, 1.54) is 47.1 Å². The predicted molar refractivity (Wildman–Crippen MR) is 171 cm³/mol. The number of carbonyl (C=O) groups excluding carboxylic acids is 2. The Bertz CT molecular complexity index is 795. The highest BCUT2D eigenvalue weighted by molar-refractivity contribution is 5.75. The van der Waals surface area contributed by atoms with Gasteiger partial charge in [-0.05, 0) is 126 Å². The van der Waals surface area contributed by atoms with Gasteiger partial charge >= 0.3 is 0 Å². The van der Waals surface area contributed by atoms with Crippen LogP contribution in [0.2, 0.25) is 0 Å². The Morgan fingerprint density at radius 3 is 1.11 bits per heavy atom. The molecule has 0 radical (unpaired) electrons. The number of ketones is 2. The number of hydrogen-bond donors (Lipinski definition) is 0. The minimum Gasteiger partial charge on any atom is -0.300 e. The van der Waals surface area contributed by atoms with Crippen molar-refractivity contribution < 1.29 is 9.59 Å². The Morgan fingerprint density at radius 1 is 0.474 bits per heavy atom. The fraction of sp³-hybridized carbons (Fsp3) is 0.667. The van der Waals surface area contributed by atoms with E-state index in [4.69, 9.17) is 0 Å². The molecular weight excluding hydrogens is 464 g/mol. The summed E-state index contributed by atoms with van der Waals surface area (Å²) in [6.07, 6.45) is 25.3. The van der Waals surface area contributed by atoms with Crippen molar-refractivity contribution in [1.82, 2.24) is 0 Å². The fourth-order valence-corrected chi connectivity index (χ4v) is 3.92. The first-order chi connectivity index (χ1) is 17.8. The third kappa shape index (κ3) is 32.1. The largest absolute Gasteiger partial charge is 0.300 e. The van der Waals surface area contributed by atoms with Crippen LogP contribution in [-0.4, -0.2) is 11.6 Å². The van der Waals surface area contributed by atoms with Gasteiger partial charge in [-0.1, -0.05) is 78.5 Å². The molecule has 0 heterocycles. The van der Waals surface area contributed by atoms with Crippen LogP contribution in [0.1, 0.15) is 153 Å². The number of hydrogen-bond acceptors (Lipinski definition) is 2. The number of allylic oxidation sites excluding steroid dienone is 10. The third-order valence-corrected chi connectivity index (χ3v) is 6.49. The zero-order chi connectivity index (χ0) is 29.3. The van der Waals surface area contributed by atoms with Crippen LogP contribution in [0.25, 0.3) is 0 Å². The minimum absolute atomic E-state index is 0.277. The lowest BCUT2D eigenvalue weighted by Gasteiger charge is -2.05. The molecule has 218 valence electrons. The van der Waals surface area contributed by atoms with Crippen LogP contribution in [0, 0.1) is 5.92 Å². The summed E-state index contributed by atoms with van der Waals surface area (Å²) in [6.45, 7) is 21.0. The molecular formula is C36H62O2. The smallest absolute Gasteiger partial charge is 0.130 e. The Balaban J connectivity index is 0. The van der Waals surface area contributed by atoms with Crippen molar-refractivity contribution in [2.75, 3.05) is 0 Å². The maximum absolute atomic E-state index is 10.8. The van der Waals surface area contributed by atoms with Gasteiger partial charge in [-0.2, -0.15) is 0 Å². The summed E-state index contributed by atoms with van der Waals surface area (Å²) in [5.74, 6) is 1.38. The molecule has 0 saturated heterocycles. The summed E-state index contributed by atoms with van der Waals surface area (Å²) in [6, 6.07) is 0. The van der Waals surface area contributed by atoms with Crippen molar-refractivity contribution in [3.63, 3.8) is 0 Å². The molecule has 38 heavy (non-hydrogen) atoms. The summed E-state index contributed by atoms with van der Waals surface area (Å²) in [4.78, 5) is 21.7.